The number of rotatable bonds is 10. The summed E-state index contributed by atoms with van der Waals surface area (Å²) in [4.78, 5) is 17.2. The normalized spacial score (nSPS) is 27.6. The third-order valence-electron chi connectivity index (χ3n) is 5.66. The van der Waals surface area contributed by atoms with Gasteiger partial charge in [0.1, 0.15) is 6.61 Å². The van der Waals surface area contributed by atoms with Crippen LogP contribution in [0.5, 0.6) is 0 Å². The van der Waals surface area contributed by atoms with Crippen molar-refractivity contribution in [2.75, 3.05) is 38.5 Å². The van der Waals surface area contributed by atoms with Crippen LogP contribution in [0.25, 0.3) is 0 Å². The molecular formula is C20H38N2O2S. The number of hydrogen-bond acceptors (Lipinski definition) is 4. The monoisotopic (exact) mass is 370 g/mol. The smallest absolute Gasteiger partial charge is 0.248 e. The Morgan fingerprint density at radius 3 is 2.64 bits per heavy atom. The molecule has 2 fully saturated rings. The molecule has 1 heterocycles. The fourth-order valence-corrected chi connectivity index (χ4v) is 5.14. The van der Waals surface area contributed by atoms with Gasteiger partial charge in [-0.25, -0.2) is 0 Å². The highest BCUT2D eigenvalue weighted by Crippen LogP contribution is 2.26. The van der Waals surface area contributed by atoms with Crippen LogP contribution in [0.4, 0.5) is 0 Å². The number of hydrogen-bond donors (Lipinski definition) is 0. The molecule has 1 aliphatic carbocycles. The summed E-state index contributed by atoms with van der Waals surface area (Å²) in [5.74, 6) is 2.18. The van der Waals surface area contributed by atoms with Crippen molar-refractivity contribution in [2.24, 2.45) is 5.92 Å². The number of unbranched alkanes of at least 4 members (excludes halogenated alkanes) is 2. The van der Waals surface area contributed by atoms with E-state index in [4.69, 9.17) is 4.74 Å². The van der Waals surface area contributed by atoms with Crippen molar-refractivity contribution in [3.05, 3.63) is 0 Å². The quantitative estimate of drug-likeness (QED) is 0.544. The van der Waals surface area contributed by atoms with Crippen molar-refractivity contribution < 1.29 is 9.53 Å². The largest absolute Gasteiger partial charge is 0.368 e. The number of thioether (sulfide) groups is 1. The van der Waals surface area contributed by atoms with Gasteiger partial charge < -0.3 is 9.64 Å². The van der Waals surface area contributed by atoms with Gasteiger partial charge in [0.15, 0.2) is 0 Å². The highest BCUT2D eigenvalue weighted by molar-refractivity contribution is 8.00. The molecule has 2 rings (SSSR count). The lowest BCUT2D eigenvalue weighted by atomic mass is 9.89. The molecule has 0 radical (unpaired) electrons. The van der Waals surface area contributed by atoms with Crippen molar-refractivity contribution in [1.29, 1.82) is 0 Å². The van der Waals surface area contributed by atoms with E-state index in [1.807, 2.05) is 16.7 Å². The van der Waals surface area contributed by atoms with Crippen LogP contribution in [0.2, 0.25) is 0 Å². The molecule has 146 valence electrons. The second kappa shape index (κ2) is 11.5. The average molecular weight is 371 g/mol. The van der Waals surface area contributed by atoms with Gasteiger partial charge in [-0.1, -0.05) is 26.7 Å². The molecule has 1 atom stereocenters. The summed E-state index contributed by atoms with van der Waals surface area (Å²) in [6.07, 6.45) is 8.85. The van der Waals surface area contributed by atoms with Gasteiger partial charge in [-0.3, -0.25) is 9.69 Å². The first kappa shape index (κ1) is 21.0. The standard InChI is InChI=1S/C20H38N2O2S/c1-4-6-7-12-22-13-14-25-20(22)15-21(5-2)19(23)16-24-18-10-8-17(3)9-11-18/h17-18,20H,4-16H2,1-3H3. The van der Waals surface area contributed by atoms with Gasteiger partial charge in [-0.2, -0.15) is 0 Å². The van der Waals surface area contributed by atoms with Crippen LogP contribution in [-0.4, -0.2) is 65.7 Å². The maximum absolute atomic E-state index is 12.6. The summed E-state index contributed by atoms with van der Waals surface area (Å²) in [5.41, 5.74) is 0. The minimum atomic E-state index is 0.169. The molecule has 1 amide bonds. The highest BCUT2D eigenvalue weighted by atomic mass is 32.2. The SMILES string of the molecule is CCCCCN1CCSC1CN(CC)C(=O)COC1CCC(C)CC1. The van der Waals surface area contributed by atoms with Crippen molar-refractivity contribution in [2.45, 2.75) is 77.2 Å². The van der Waals surface area contributed by atoms with E-state index in [1.54, 1.807) is 0 Å². The third-order valence-corrected chi connectivity index (χ3v) is 6.91. The summed E-state index contributed by atoms with van der Waals surface area (Å²) in [5, 5.41) is 0.469. The molecule has 1 saturated carbocycles. The number of carbonyl (C=O) groups is 1. The van der Waals surface area contributed by atoms with Crippen molar-refractivity contribution in [3.8, 4) is 0 Å². The van der Waals surface area contributed by atoms with E-state index in [2.05, 4.69) is 25.7 Å². The topological polar surface area (TPSA) is 32.8 Å². The summed E-state index contributed by atoms with van der Waals surface area (Å²) in [7, 11) is 0. The van der Waals surface area contributed by atoms with Gasteiger partial charge in [-0.05, 0) is 51.5 Å². The molecule has 0 spiro atoms. The van der Waals surface area contributed by atoms with Gasteiger partial charge in [-0.15, -0.1) is 11.8 Å². The Bertz CT molecular complexity index is 386. The fraction of sp³-hybridized carbons (Fsp3) is 0.950. The Kier molecular flexibility index (Phi) is 9.64. The highest BCUT2D eigenvalue weighted by Gasteiger charge is 2.28. The van der Waals surface area contributed by atoms with Crippen LogP contribution in [0.3, 0.4) is 0 Å². The molecule has 25 heavy (non-hydrogen) atoms. The van der Waals surface area contributed by atoms with Crippen LogP contribution < -0.4 is 0 Å². The van der Waals surface area contributed by atoms with Crippen molar-refractivity contribution in [3.63, 3.8) is 0 Å². The molecule has 0 N–H and O–H groups in total. The first-order valence-electron chi connectivity index (χ1n) is 10.4. The zero-order valence-electron chi connectivity index (χ0n) is 16.5. The predicted octanol–water partition coefficient (Wildman–Crippen LogP) is 4.00. The molecule has 0 aromatic carbocycles. The number of amides is 1. The Labute approximate surface area is 159 Å². The van der Waals surface area contributed by atoms with Crippen LogP contribution in [0.1, 0.15) is 65.7 Å². The van der Waals surface area contributed by atoms with Crippen LogP contribution >= 0.6 is 11.8 Å². The molecule has 0 aromatic rings. The second-order valence-electron chi connectivity index (χ2n) is 7.69. The van der Waals surface area contributed by atoms with Crippen molar-refractivity contribution in [1.82, 2.24) is 9.80 Å². The van der Waals surface area contributed by atoms with E-state index >= 15 is 0 Å². The van der Waals surface area contributed by atoms with Gasteiger partial charge in [0.25, 0.3) is 0 Å². The lowest BCUT2D eigenvalue weighted by Crippen LogP contribution is -2.44. The molecule has 0 aromatic heterocycles. The third kappa shape index (κ3) is 7.10. The zero-order valence-corrected chi connectivity index (χ0v) is 17.4. The van der Waals surface area contributed by atoms with E-state index in [9.17, 15) is 4.79 Å². The Morgan fingerprint density at radius 2 is 1.96 bits per heavy atom. The molecule has 0 bridgehead atoms. The molecule has 1 saturated heterocycles. The van der Waals surface area contributed by atoms with Gasteiger partial charge in [0.05, 0.1) is 11.5 Å². The summed E-state index contributed by atoms with van der Waals surface area (Å²) in [6.45, 7) is 10.9. The van der Waals surface area contributed by atoms with Crippen molar-refractivity contribution >= 4 is 17.7 Å². The maximum Gasteiger partial charge on any atom is 0.248 e. The van der Waals surface area contributed by atoms with Gasteiger partial charge in [0, 0.05) is 25.4 Å². The molecule has 5 heteroatoms. The lowest BCUT2D eigenvalue weighted by molar-refractivity contribution is -0.139. The van der Waals surface area contributed by atoms with E-state index in [-0.39, 0.29) is 12.5 Å². The van der Waals surface area contributed by atoms with E-state index in [1.165, 1.54) is 50.9 Å². The van der Waals surface area contributed by atoms with Gasteiger partial charge in [0.2, 0.25) is 5.91 Å². The molecule has 1 unspecified atom stereocenters. The molecule has 1 aliphatic heterocycles. The number of carbonyl (C=O) groups excluding carboxylic acids is 1. The minimum Gasteiger partial charge on any atom is -0.368 e. The number of ether oxygens (including phenoxy) is 1. The second-order valence-corrected chi connectivity index (χ2v) is 8.98. The Hall–Kier alpha value is -0.260. The molecule has 2 aliphatic rings. The maximum atomic E-state index is 12.6. The van der Waals surface area contributed by atoms with Gasteiger partial charge >= 0.3 is 0 Å². The predicted molar refractivity (Wildman–Crippen MR) is 107 cm³/mol. The Balaban J connectivity index is 1.73. The molecular weight excluding hydrogens is 332 g/mol. The van der Waals surface area contributed by atoms with Crippen LogP contribution in [0, 0.1) is 5.92 Å². The summed E-state index contributed by atoms with van der Waals surface area (Å²) < 4.78 is 5.94. The van der Waals surface area contributed by atoms with E-state index in [0.29, 0.717) is 11.5 Å². The van der Waals surface area contributed by atoms with Crippen LogP contribution in [0.15, 0.2) is 0 Å². The zero-order chi connectivity index (χ0) is 18.1. The van der Waals surface area contributed by atoms with Crippen LogP contribution in [-0.2, 0) is 9.53 Å². The minimum absolute atomic E-state index is 0.169. The molecule has 4 nitrogen and oxygen atoms in total. The first-order valence-corrected chi connectivity index (χ1v) is 11.4. The lowest BCUT2D eigenvalue weighted by Gasteiger charge is -2.31. The average Bonchev–Trinajstić information content (AvgIpc) is 3.06. The fourth-order valence-electron chi connectivity index (χ4n) is 3.82. The van der Waals surface area contributed by atoms with E-state index in [0.717, 1.165) is 31.8 Å². The number of likely N-dealkylation sites (N-methyl/N-ethyl adjacent to an activating group) is 1. The Morgan fingerprint density at radius 1 is 1.20 bits per heavy atom. The summed E-state index contributed by atoms with van der Waals surface area (Å²) >= 11 is 2.01. The first-order chi connectivity index (χ1) is 12.1. The number of nitrogens with zero attached hydrogens (tertiary/aromatic N) is 2. The summed E-state index contributed by atoms with van der Waals surface area (Å²) in [6, 6.07) is 0. The van der Waals surface area contributed by atoms with E-state index < -0.39 is 0 Å².